The molecule has 1 saturated heterocycles. The number of hydrogen-bond donors (Lipinski definition) is 1. The molecule has 0 unspecified atom stereocenters. The van der Waals surface area contributed by atoms with Crippen molar-refractivity contribution in [1.82, 2.24) is 5.32 Å². The number of carbonyl (C=O) groups is 1. The first kappa shape index (κ1) is 12.6. The summed E-state index contributed by atoms with van der Waals surface area (Å²) in [4.78, 5) is 13.8. The van der Waals surface area contributed by atoms with Crippen LogP contribution in [0, 0.1) is 0 Å². The first-order chi connectivity index (χ1) is 9.33. The van der Waals surface area contributed by atoms with E-state index in [-0.39, 0.29) is 11.2 Å². The fraction of sp³-hybridized carbons (Fsp3) is 0.312. The predicted octanol–water partition coefficient (Wildman–Crippen LogP) is 3.25. The van der Waals surface area contributed by atoms with Gasteiger partial charge in [0, 0.05) is 0 Å². The molecule has 1 fully saturated rings. The molecule has 2 nitrogen and oxygen atoms in total. The normalized spacial score (nSPS) is 18.1. The number of Topliss-reactive ketones (excluding diaryl/α,β-unsaturated/α-hetero) is 1. The van der Waals surface area contributed by atoms with Gasteiger partial charge in [-0.1, -0.05) is 36.4 Å². The van der Waals surface area contributed by atoms with Crippen LogP contribution in [0.15, 0.2) is 47.8 Å². The molecule has 0 spiro atoms. The van der Waals surface area contributed by atoms with Gasteiger partial charge in [0.15, 0.2) is 5.78 Å². The van der Waals surface area contributed by atoms with Gasteiger partial charge in [0.25, 0.3) is 0 Å². The number of benzene rings is 1. The zero-order valence-electron chi connectivity index (χ0n) is 10.8. The zero-order chi connectivity index (χ0) is 13.1. The summed E-state index contributed by atoms with van der Waals surface area (Å²) >= 11 is 1.55. The van der Waals surface area contributed by atoms with E-state index in [2.05, 4.69) is 17.4 Å². The molecule has 3 heteroatoms. The average molecular weight is 271 g/mol. The van der Waals surface area contributed by atoms with Crippen molar-refractivity contribution < 1.29 is 4.79 Å². The number of carbonyl (C=O) groups excluding carboxylic acids is 1. The molecule has 0 atom stereocenters. The highest BCUT2D eigenvalue weighted by Gasteiger charge is 2.41. The fourth-order valence-electron chi connectivity index (χ4n) is 2.90. The van der Waals surface area contributed by atoms with E-state index in [0.717, 1.165) is 36.4 Å². The quantitative estimate of drug-likeness (QED) is 0.868. The second kappa shape index (κ2) is 5.27. The Kier molecular flexibility index (Phi) is 3.49. The minimum absolute atomic E-state index is 0.287. The lowest BCUT2D eigenvalue weighted by Crippen LogP contribution is -2.45. The van der Waals surface area contributed by atoms with E-state index < -0.39 is 0 Å². The van der Waals surface area contributed by atoms with Crippen LogP contribution in [0.1, 0.15) is 28.1 Å². The Morgan fingerprint density at radius 3 is 2.42 bits per heavy atom. The third kappa shape index (κ3) is 2.24. The molecule has 19 heavy (non-hydrogen) atoms. The lowest BCUT2D eigenvalue weighted by Gasteiger charge is -2.36. The van der Waals surface area contributed by atoms with Crippen molar-refractivity contribution >= 4 is 17.1 Å². The van der Waals surface area contributed by atoms with Crippen LogP contribution in [-0.4, -0.2) is 18.9 Å². The highest BCUT2D eigenvalue weighted by molar-refractivity contribution is 7.12. The molecule has 3 rings (SSSR count). The van der Waals surface area contributed by atoms with E-state index in [0.29, 0.717) is 0 Å². The number of piperidine rings is 1. The molecule has 2 heterocycles. The van der Waals surface area contributed by atoms with Gasteiger partial charge in [-0.2, -0.15) is 0 Å². The molecule has 1 aliphatic rings. The minimum atomic E-state index is -0.336. The molecule has 1 aromatic heterocycles. The summed E-state index contributed by atoms with van der Waals surface area (Å²) in [5, 5.41) is 5.34. The van der Waals surface area contributed by atoms with E-state index in [1.165, 1.54) is 0 Å². The number of ketones is 1. The van der Waals surface area contributed by atoms with Crippen molar-refractivity contribution in [3.8, 4) is 0 Å². The molecule has 0 bridgehead atoms. The second-order valence-corrected chi connectivity index (χ2v) is 5.95. The van der Waals surface area contributed by atoms with Gasteiger partial charge in [-0.3, -0.25) is 4.79 Å². The van der Waals surface area contributed by atoms with Gasteiger partial charge >= 0.3 is 0 Å². The van der Waals surface area contributed by atoms with Crippen LogP contribution < -0.4 is 5.32 Å². The van der Waals surface area contributed by atoms with Crippen molar-refractivity contribution in [2.75, 3.05) is 13.1 Å². The summed E-state index contributed by atoms with van der Waals surface area (Å²) < 4.78 is 0. The molecule has 0 amide bonds. The molecular weight excluding hydrogens is 254 g/mol. The first-order valence-electron chi connectivity index (χ1n) is 6.67. The van der Waals surface area contributed by atoms with Crippen molar-refractivity contribution in [1.29, 1.82) is 0 Å². The van der Waals surface area contributed by atoms with Gasteiger partial charge in [-0.25, -0.2) is 0 Å². The molecule has 0 aliphatic carbocycles. The van der Waals surface area contributed by atoms with Crippen LogP contribution in [0.4, 0.5) is 0 Å². The van der Waals surface area contributed by atoms with Crippen molar-refractivity contribution in [3.05, 3.63) is 58.3 Å². The molecule has 1 aromatic carbocycles. The molecular formula is C16H17NOS. The van der Waals surface area contributed by atoms with Crippen LogP contribution in [0.3, 0.4) is 0 Å². The van der Waals surface area contributed by atoms with Gasteiger partial charge < -0.3 is 5.32 Å². The third-order valence-electron chi connectivity index (χ3n) is 3.96. The SMILES string of the molecule is O=C(c1cccs1)C1(c2ccccc2)CCNCC1. The Bertz CT molecular complexity index is 541. The first-order valence-corrected chi connectivity index (χ1v) is 7.55. The topological polar surface area (TPSA) is 29.1 Å². The maximum atomic E-state index is 13.0. The maximum Gasteiger partial charge on any atom is 0.183 e. The minimum Gasteiger partial charge on any atom is -0.317 e. The third-order valence-corrected chi connectivity index (χ3v) is 4.83. The van der Waals surface area contributed by atoms with Crippen molar-refractivity contribution in [3.63, 3.8) is 0 Å². The molecule has 1 aliphatic heterocycles. The van der Waals surface area contributed by atoms with Gasteiger partial charge in [0.1, 0.15) is 0 Å². The number of nitrogens with one attached hydrogen (secondary N) is 1. The summed E-state index contributed by atoms with van der Waals surface area (Å²) in [5.74, 6) is 0.287. The van der Waals surface area contributed by atoms with E-state index in [4.69, 9.17) is 0 Å². The Morgan fingerprint density at radius 1 is 1.05 bits per heavy atom. The molecule has 1 N–H and O–H groups in total. The lowest BCUT2D eigenvalue weighted by atomic mass is 9.69. The Labute approximate surface area is 117 Å². The Balaban J connectivity index is 2.04. The monoisotopic (exact) mass is 271 g/mol. The van der Waals surface area contributed by atoms with E-state index in [9.17, 15) is 4.79 Å². The van der Waals surface area contributed by atoms with E-state index >= 15 is 0 Å². The lowest BCUT2D eigenvalue weighted by molar-refractivity contribution is 0.0851. The largest absolute Gasteiger partial charge is 0.317 e. The number of thiophene rings is 1. The average Bonchev–Trinajstić information content (AvgIpc) is 3.02. The highest BCUT2D eigenvalue weighted by atomic mass is 32.1. The highest BCUT2D eigenvalue weighted by Crippen LogP contribution is 2.37. The summed E-state index contributed by atoms with van der Waals surface area (Å²) in [6.45, 7) is 1.82. The van der Waals surface area contributed by atoms with Gasteiger partial charge in [-0.15, -0.1) is 11.3 Å². The number of rotatable bonds is 3. The van der Waals surface area contributed by atoms with E-state index in [1.54, 1.807) is 11.3 Å². The fourth-order valence-corrected chi connectivity index (χ4v) is 3.66. The summed E-state index contributed by atoms with van der Waals surface area (Å²) in [6, 6.07) is 14.2. The summed E-state index contributed by atoms with van der Waals surface area (Å²) in [6.07, 6.45) is 1.77. The Morgan fingerprint density at radius 2 is 1.79 bits per heavy atom. The van der Waals surface area contributed by atoms with Crippen molar-refractivity contribution in [2.24, 2.45) is 0 Å². The van der Waals surface area contributed by atoms with Gasteiger partial charge in [0.2, 0.25) is 0 Å². The van der Waals surface area contributed by atoms with Crippen LogP contribution in [0.5, 0.6) is 0 Å². The molecule has 98 valence electrons. The van der Waals surface area contributed by atoms with Gasteiger partial charge in [0.05, 0.1) is 10.3 Å². The van der Waals surface area contributed by atoms with Crippen LogP contribution in [0.25, 0.3) is 0 Å². The predicted molar refractivity (Wildman–Crippen MR) is 78.9 cm³/mol. The molecule has 0 saturated carbocycles. The smallest absolute Gasteiger partial charge is 0.183 e. The summed E-state index contributed by atoms with van der Waals surface area (Å²) in [7, 11) is 0. The standard InChI is InChI=1S/C16H17NOS/c18-15(14-7-4-12-19-14)16(8-10-17-11-9-16)13-5-2-1-3-6-13/h1-7,12,17H,8-11H2. The number of hydrogen-bond acceptors (Lipinski definition) is 3. The van der Waals surface area contributed by atoms with Crippen LogP contribution in [0.2, 0.25) is 0 Å². The van der Waals surface area contributed by atoms with Gasteiger partial charge in [-0.05, 0) is 42.9 Å². The zero-order valence-corrected chi connectivity index (χ0v) is 11.6. The van der Waals surface area contributed by atoms with Crippen LogP contribution in [-0.2, 0) is 5.41 Å². The summed E-state index contributed by atoms with van der Waals surface area (Å²) in [5.41, 5.74) is 0.826. The molecule has 2 aromatic rings. The second-order valence-electron chi connectivity index (χ2n) is 5.00. The van der Waals surface area contributed by atoms with E-state index in [1.807, 2.05) is 35.7 Å². The van der Waals surface area contributed by atoms with Crippen LogP contribution >= 0.6 is 11.3 Å². The maximum absolute atomic E-state index is 13.0. The van der Waals surface area contributed by atoms with Crippen molar-refractivity contribution in [2.45, 2.75) is 18.3 Å². The molecule has 0 radical (unpaired) electrons. The Hall–Kier alpha value is -1.45.